The third-order valence-electron chi connectivity index (χ3n) is 4.04. The van der Waals surface area contributed by atoms with Crippen LogP contribution in [-0.2, 0) is 0 Å². The van der Waals surface area contributed by atoms with E-state index in [1.54, 1.807) is 0 Å². The van der Waals surface area contributed by atoms with Gasteiger partial charge in [-0.1, -0.05) is 36.4 Å². The summed E-state index contributed by atoms with van der Waals surface area (Å²) in [5, 5.41) is 5.97. The SMILES string of the molecule is CCOc1ccc(C(C)NC(=O)NC(C)c2ccccc2C)cc1. The van der Waals surface area contributed by atoms with Crippen molar-refractivity contribution in [2.24, 2.45) is 0 Å². The van der Waals surface area contributed by atoms with E-state index in [0.717, 1.165) is 16.9 Å². The third-order valence-corrected chi connectivity index (χ3v) is 4.04. The molecule has 128 valence electrons. The van der Waals surface area contributed by atoms with Gasteiger partial charge in [0.2, 0.25) is 0 Å². The molecule has 2 aromatic rings. The van der Waals surface area contributed by atoms with Crippen molar-refractivity contribution >= 4 is 6.03 Å². The molecular formula is C20H26N2O2. The maximum atomic E-state index is 12.2. The fourth-order valence-corrected chi connectivity index (χ4v) is 2.69. The Balaban J connectivity index is 1.92. The van der Waals surface area contributed by atoms with Crippen LogP contribution >= 0.6 is 0 Å². The van der Waals surface area contributed by atoms with Gasteiger partial charge in [-0.3, -0.25) is 0 Å². The number of rotatable bonds is 6. The van der Waals surface area contributed by atoms with Crippen molar-refractivity contribution in [3.63, 3.8) is 0 Å². The lowest BCUT2D eigenvalue weighted by molar-refractivity contribution is 0.235. The van der Waals surface area contributed by atoms with Crippen molar-refractivity contribution in [1.82, 2.24) is 10.6 Å². The van der Waals surface area contributed by atoms with Crippen LogP contribution in [0.25, 0.3) is 0 Å². The Morgan fingerprint density at radius 3 is 2.25 bits per heavy atom. The second-order valence-electron chi connectivity index (χ2n) is 5.92. The molecule has 4 nitrogen and oxygen atoms in total. The van der Waals surface area contributed by atoms with Crippen molar-refractivity contribution in [3.8, 4) is 5.75 Å². The van der Waals surface area contributed by atoms with Gasteiger partial charge in [0, 0.05) is 0 Å². The number of ether oxygens (including phenoxy) is 1. The van der Waals surface area contributed by atoms with E-state index in [0.29, 0.717) is 6.61 Å². The number of benzene rings is 2. The number of hydrogen-bond acceptors (Lipinski definition) is 2. The van der Waals surface area contributed by atoms with Gasteiger partial charge in [0.15, 0.2) is 0 Å². The lowest BCUT2D eigenvalue weighted by atomic mass is 10.0. The lowest BCUT2D eigenvalue weighted by Gasteiger charge is -2.20. The van der Waals surface area contributed by atoms with E-state index < -0.39 is 0 Å². The van der Waals surface area contributed by atoms with Crippen molar-refractivity contribution in [2.75, 3.05) is 6.61 Å². The van der Waals surface area contributed by atoms with Crippen LogP contribution in [0.1, 0.15) is 49.5 Å². The maximum Gasteiger partial charge on any atom is 0.315 e. The molecule has 2 aromatic carbocycles. The molecular weight excluding hydrogens is 300 g/mol. The number of hydrogen-bond donors (Lipinski definition) is 2. The summed E-state index contributed by atoms with van der Waals surface area (Å²) < 4.78 is 5.43. The zero-order chi connectivity index (χ0) is 17.5. The quantitative estimate of drug-likeness (QED) is 0.820. The molecule has 0 spiro atoms. The maximum absolute atomic E-state index is 12.2. The standard InChI is InChI=1S/C20H26N2O2/c1-5-24-18-12-10-17(11-13-18)15(3)21-20(23)22-16(4)19-9-7-6-8-14(19)2/h6-13,15-16H,5H2,1-4H3,(H2,21,22,23). The molecule has 0 aliphatic heterocycles. The van der Waals surface area contributed by atoms with Crippen LogP contribution < -0.4 is 15.4 Å². The molecule has 0 saturated heterocycles. The first-order valence-corrected chi connectivity index (χ1v) is 8.36. The van der Waals surface area contributed by atoms with E-state index in [9.17, 15) is 4.79 Å². The molecule has 0 saturated carbocycles. The molecule has 0 heterocycles. The highest BCUT2D eigenvalue weighted by Crippen LogP contribution is 2.19. The zero-order valence-electron chi connectivity index (χ0n) is 14.8. The topological polar surface area (TPSA) is 50.4 Å². The molecule has 0 aliphatic rings. The van der Waals surface area contributed by atoms with Crippen LogP contribution in [0.15, 0.2) is 48.5 Å². The molecule has 4 heteroatoms. The summed E-state index contributed by atoms with van der Waals surface area (Å²) in [7, 11) is 0. The van der Waals surface area contributed by atoms with Crippen molar-refractivity contribution < 1.29 is 9.53 Å². The number of carbonyl (C=O) groups is 1. The van der Waals surface area contributed by atoms with Crippen LogP contribution in [0.5, 0.6) is 5.75 Å². The van der Waals surface area contributed by atoms with Gasteiger partial charge in [0.1, 0.15) is 5.75 Å². The number of amides is 2. The molecule has 0 bridgehead atoms. The summed E-state index contributed by atoms with van der Waals surface area (Å²) in [6.45, 7) is 8.61. The Bertz CT molecular complexity index is 668. The fourth-order valence-electron chi connectivity index (χ4n) is 2.69. The van der Waals surface area contributed by atoms with Crippen molar-refractivity contribution in [3.05, 3.63) is 65.2 Å². The van der Waals surface area contributed by atoms with E-state index in [-0.39, 0.29) is 18.1 Å². The lowest BCUT2D eigenvalue weighted by Crippen LogP contribution is -2.38. The van der Waals surface area contributed by atoms with E-state index in [4.69, 9.17) is 4.74 Å². The molecule has 0 aromatic heterocycles. The summed E-state index contributed by atoms with van der Waals surface area (Å²) in [6.07, 6.45) is 0. The second-order valence-corrected chi connectivity index (χ2v) is 5.92. The highest BCUT2D eigenvalue weighted by molar-refractivity contribution is 5.75. The predicted octanol–water partition coefficient (Wildman–Crippen LogP) is 4.52. The smallest absolute Gasteiger partial charge is 0.315 e. The van der Waals surface area contributed by atoms with E-state index in [2.05, 4.69) is 10.6 Å². The third kappa shape index (κ3) is 4.75. The molecule has 0 radical (unpaired) electrons. The van der Waals surface area contributed by atoms with E-state index in [1.165, 1.54) is 5.56 Å². The van der Waals surface area contributed by atoms with Gasteiger partial charge in [0.25, 0.3) is 0 Å². The number of urea groups is 1. The first-order chi connectivity index (χ1) is 11.5. The molecule has 2 amide bonds. The Kier molecular flexibility index (Phi) is 6.24. The molecule has 2 atom stereocenters. The Morgan fingerprint density at radius 2 is 1.62 bits per heavy atom. The Hall–Kier alpha value is -2.49. The minimum absolute atomic E-state index is 0.0428. The Morgan fingerprint density at radius 1 is 1.00 bits per heavy atom. The summed E-state index contributed by atoms with van der Waals surface area (Å²) in [4.78, 5) is 12.2. The van der Waals surface area contributed by atoms with E-state index in [1.807, 2.05) is 76.2 Å². The van der Waals surface area contributed by atoms with Gasteiger partial charge in [-0.2, -0.15) is 0 Å². The monoisotopic (exact) mass is 326 g/mol. The molecule has 0 aliphatic carbocycles. The summed E-state index contributed by atoms with van der Waals surface area (Å²) in [5.41, 5.74) is 3.34. The zero-order valence-corrected chi connectivity index (χ0v) is 14.8. The largest absolute Gasteiger partial charge is 0.494 e. The van der Waals surface area contributed by atoms with Gasteiger partial charge in [-0.15, -0.1) is 0 Å². The second kappa shape index (κ2) is 8.39. The average Bonchev–Trinajstić information content (AvgIpc) is 2.56. The van der Waals surface area contributed by atoms with Gasteiger partial charge in [-0.25, -0.2) is 4.79 Å². The Labute approximate surface area is 144 Å². The molecule has 2 rings (SSSR count). The number of carbonyl (C=O) groups excluding carboxylic acids is 1. The molecule has 2 unspecified atom stereocenters. The van der Waals surface area contributed by atoms with Crippen LogP contribution in [0.3, 0.4) is 0 Å². The molecule has 0 fully saturated rings. The highest BCUT2D eigenvalue weighted by atomic mass is 16.5. The van der Waals surface area contributed by atoms with Crippen molar-refractivity contribution in [1.29, 1.82) is 0 Å². The average molecular weight is 326 g/mol. The van der Waals surface area contributed by atoms with Gasteiger partial charge >= 0.3 is 6.03 Å². The number of nitrogens with one attached hydrogen (secondary N) is 2. The first-order valence-electron chi connectivity index (χ1n) is 8.36. The molecule has 2 N–H and O–H groups in total. The minimum atomic E-state index is -0.174. The van der Waals surface area contributed by atoms with Gasteiger partial charge in [-0.05, 0) is 56.5 Å². The summed E-state index contributed by atoms with van der Waals surface area (Å²) in [6, 6.07) is 15.6. The summed E-state index contributed by atoms with van der Waals surface area (Å²) in [5.74, 6) is 0.839. The normalized spacial score (nSPS) is 13.0. The van der Waals surface area contributed by atoms with Crippen molar-refractivity contribution in [2.45, 2.75) is 39.8 Å². The molecule has 24 heavy (non-hydrogen) atoms. The fraction of sp³-hybridized carbons (Fsp3) is 0.350. The summed E-state index contributed by atoms with van der Waals surface area (Å²) >= 11 is 0. The highest BCUT2D eigenvalue weighted by Gasteiger charge is 2.14. The first kappa shape index (κ1) is 17.9. The number of aryl methyl sites for hydroxylation is 1. The van der Waals surface area contributed by atoms with Crippen LogP contribution in [0.4, 0.5) is 4.79 Å². The van der Waals surface area contributed by atoms with Crippen LogP contribution in [0.2, 0.25) is 0 Å². The van der Waals surface area contributed by atoms with Gasteiger partial charge < -0.3 is 15.4 Å². The minimum Gasteiger partial charge on any atom is -0.494 e. The predicted molar refractivity (Wildman–Crippen MR) is 97.3 cm³/mol. The van der Waals surface area contributed by atoms with Crippen LogP contribution in [0, 0.1) is 6.92 Å². The van der Waals surface area contributed by atoms with Gasteiger partial charge in [0.05, 0.1) is 18.7 Å². The van der Waals surface area contributed by atoms with E-state index >= 15 is 0 Å². The van der Waals surface area contributed by atoms with Crippen LogP contribution in [-0.4, -0.2) is 12.6 Å².